The zero-order valence-corrected chi connectivity index (χ0v) is 10.3. The van der Waals surface area contributed by atoms with Crippen molar-refractivity contribution in [2.75, 3.05) is 6.61 Å². The van der Waals surface area contributed by atoms with Crippen LogP contribution in [0.1, 0.15) is 5.56 Å². The Balaban J connectivity index is 2.16. The molecular formula is C15H11ClO2. The number of hydrogen-bond acceptors (Lipinski definition) is 2. The second-order valence-corrected chi connectivity index (χ2v) is 3.98. The number of rotatable bonds is 2. The van der Waals surface area contributed by atoms with Crippen LogP contribution in [0.4, 0.5) is 0 Å². The number of benzene rings is 2. The Bertz CT molecular complexity index is 579. The molecule has 0 unspecified atom stereocenters. The lowest BCUT2D eigenvalue weighted by atomic mass is 10.2. The van der Waals surface area contributed by atoms with Crippen molar-refractivity contribution in [2.24, 2.45) is 0 Å². The molecule has 1 N–H and O–H groups in total. The fraction of sp³-hybridized carbons (Fsp3) is 0.0667. The molecule has 0 aromatic heterocycles. The van der Waals surface area contributed by atoms with E-state index in [1.807, 2.05) is 24.3 Å². The summed E-state index contributed by atoms with van der Waals surface area (Å²) in [4.78, 5) is 0. The van der Waals surface area contributed by atoms with Crippen molar-refractivity contribution in [3.05, 3.63) is 59.1 Å². The van der Waals surface area contributed by atoms with E-state index in [0.29, 0.717) is 16.5 Å². The SMILES string of the molecule is OCC#Cc1cccc(Oc2ccc(Cl)cc2)c1. The minimum atomic E-state index is -0.151. The maximum atomic E-state index is 8.64. The highest BCUT2D eigenvalue weighted by Crippen LogP contribution is 2.23. The summed E-state index contributed by atoms with van der Waals surface area (Å²) in [5.41, 5.74) is 0.801. The Hall–Kier alpha value is -1.95. The van der Waals surface area contributed by atoms with Crippen LogP contribution in [-0.4, -0.2) is 11.7 Å². The molecule has 2 nitrogen and oxygen atoms in total. The smallest absolute Gasteiger partial charge is 0.128 e. The molecule has 2 aromatic carbocycles. The van der Waals surface area contributed by atoms with Gasteiger partial charge in [0.1, 0.15) is 18.1 Å². The first-order valence-electron chi connectivity index (χ1n) is 5.41. The van der Waals surface area contributed by atoms with Crippen LogP contribution in [0.25, 0.3) is 0 Å². The minimum absolute atomic E-state index is 0.151. The molecule has 0 amide bonds. The summed E-state index contributed by atoms with van der Waals surface area (Å²) in [6, 6.07) is 14.5. The van der Waals surface area contributed by atoms with Crippen molar-refractivity contribution in [1.29, 1.82) is 0 Å². The van der Waals surface area contributed by atoms with Crippen molar-refractivity contribution < 1.29 is 9.84 Å². The summed E-state index contributed by atoms with van der Waals surface area (Å²) in [6.45, 7) is -0.151. The summed E-state index contributed by atoms with van der Waals surface area (Å²) in [6.07, 6.45) is 0. The highest BCUT2D eigenvalue weighted by atomic mass is 35.5. The van der Waals surface area contributed by atoms with Gasteiger partial charge in [0, 0.05) is 10.6 Å². The fourth-order valence-corrected chi connectivity index (χ4v) is 1.54. The van der Waals surface area contributed by atoms with E-state index in [1.54, 1.807) is 24.3 Å². The van der Waals surface area contributed by atoms with Gasteiger partial charge in [0.2, 0.25) is 0 Å². The molecule has 3 heteroatoms. The van der Waals surface area contributed by atoms with Crippen LogP contribution in [0.5, 0.6) is 11.5 Å². The lowest BCUT2D eigenvalue weighted by Crippen LogP contribution is -1.85. The molecule has 0 saturated heterocycles. The molecule has 0 aliphatic rings. The molecule has 2 rings (SSSR count). The first-order chi connectivity index (χ1) is 8.78. The fourth-order valence-electron chi connectivity index (χ4n) is 1.42. The summed E-state index contributed by atoms with van der Waals surface area (Å²) < 4.78 is 5.67. The first-order valence-corrected chi connectivity index (χ1v) is 5.79. The Kier molecular flexibility index (Phi) is 4.25. The van der Waals surface area contributed by atoms with Crippen LogP contribution in [0.2, 0.25) is 5.02 Å². The Labute approximate surface area is 111 Å². The van der Waals surface area contributed by atoms with Gasteiger partial charge in [-0.2, -0.15) is 0 Å². The molecule has 0 heterocycles. The van der Waals surface area contributed by atoms with Crippen LogP contribution in [0.3, 0.4) is 0 Å². The van der Waals surface area contributed by atoms with Crippen molar-refractivity contribution >= 4 is 11.6 Å². The molecule has 0 saturated carbocycles. The third kappa shape index (κ3) is 3.53. The average Bonchev–Trinajstić information content (AvgIpc) is 2.40. The normalized spacial score (nSPS) is 9.44. The molecule has 2 aromatic rings. The molecule has 0 aliphatic heterocycles. The second kappa shape index (κ2) is 6.11. The van der Waals surface area contributed by atoms with Crippen LogP contribution in [-0.2, 0) is 0 Å². The van der Waals surface area contributed by atoms with E-state index >= 15 is 0 Å². The van der Waals surface area contributed by atoms with Gasteiger partial charge in [-0.15, -0.1) is 0 Å². The van der Waals surface area contributed by atoms with Crippen LogP contribution < -0.4 is 4.74 Å². The van der Waals surface area contributed by atoms with E-state index in [1.165, 1.54) is 0 Å². The predicted molar refractivity (Wildman–Crippen MR) is 71.9 cm³/mol. The Morgan fingerprint density at radius 3 is 2.56 bits per heavy atom. The number of ether oxygens (including phenoxy) is 1. The van der Waals surface area contributed by atoms with E-state index < -0.39 is 0 Å². The number of hydrogen-bond donors (Lipinski definition) is 1. The minimum Gasteiger partial charge on any atom is -0.457 e. The summed E-state index contributed by atoms with van der Waals surface area (Å²) in [7, 11) is 0. The standard InChI is InChI=1S/C15H11ClO2/c16-13-6-8-14(9-7-13)18-15-5-1-3-12(11-15)4-2-10-17/h1,3,5-9,11,17H,10H2. The van der Waals surface area contributed by atoms with Gasteiger partial charge in [-0.25, -0.2) is 0 Å². The monoisotopic (exact) mass is 258 g/mol. The van der Waals surface area contributed by atoms with Gasteiger partial charge in [-0.3, -0.25) is 0 Å². The van der Waals surface area contributed by atoms with Gasteiger partial charge in [-0.05, 0) is 42.5 Å². The number of aliphatic hydroxyl groups excluding tert-OH is 1. The zero-order chi connectivity index (χ0) is 12.8. The summed E-state index contributed by atoms with van der Waals surface area (Å²) in [5.74, 6) is 6.84. The van der Waals surface area contributed by atoms with E-state index in [0.717, 1.165) is 5.56 Å². The quantitative estimate of drug-likeness (QED) is 0.836. The molecule has 90 valence electrons. The summed E-state index contributed by atoms with van der Waals surface area (Å²) in [5, 5.41) is 9.31. The van der Waals surface area contributed by atoms with Crippen LogP contribution in [0.15, 0.2) is 48.5 Å². The number of halogens is 1. The molecule has 0 fully saturated rings. The highest BCUT2D eigenvalue weighted by molar-refractivity contribution is 6.30. The molecule has 0 spiro atoms. The average molecular weight is 259 g/mol. The molecular weight excluding hydrogens is 248 g/mol. The third-order valence-electron chi connectivity index (χ3n) is 2.20. The number of aliphatic hydroxyl groups is 1. The van der Waals surface area contributed by atoms with Gasteiger partial charge in [0.05, 0.1) is 0 Å². The zero-order valence-electron chi connectivity index (χ0n) is 9.56. The van der Waals surface area contributed by atoms with E-state index in [4.69, 9.17) is 21.4 Å². The van der Waals surface area contributed by atoms with Crippen molar-refractivity contribution in [1.82, 2.24) is 0 Å². The Morgan fingerprint density at radius 1 is 1.06 bits per heavy atom. The third-order valence-corrected chi connectivity index (χ3v) is 2.45. The predicted octanol–water partition coefficient (Wildman–Crippen LogP) is 3.48. The van der Waals surface area contributed by atoms with Gasteiger partial charge in [0.25, 0.3) is 0 Å². The maximum absolute atomic E-state index is 8.64. The van der Waals surface area contributed by atoms with Gasteiger partial charge < -0.3 is 9.84 Å². The maximum Gasteiger partial charge on any atom is 0.128 e. The molecule has 0 radical (unpaired) electrons. The molecule has 0 bridgehead atoms. The summed E-state index contributed by atoms with van der Waals surface area (Å²) >= 11 is 5.80. The van der Waals surface area contributed by atoms with Gasteiger partial charge in [-0.1, -0.05) is 29.5 Å². The largest absolute Gasteiger partial charge is 0.457 e. The molecule has 0 atom stereocenters. The van der Waals surface area contributed by atoms with Crippen LogP contribution >= 0.6 is 11.6 Å². The Morgan fingerprint density at radius 2 is 1.83 bits per heavy atom. The van der Waals surface area contributed by atoms with E-state index in [2.05, 4.69) is 11.8 Å². The molecule has 0 aliphatic carbocycles. The van der Waals surface area contributed by atoms with Gasteiger partial charge in [0.15, 0.2) is 0 Å². The van der Waals surface area contributed by atoms with E-state index in [9.17, 15) is 0 Å². The first kappa shape index (κ1) is 12.5. The van der Waals surface area contributed by atoms with Crippen LogP contribution in [0, 0.1) is 11.8 Å². The van der Waals surface area contributed by atoms with Gasteiger partial charge >= 0.3 is 0 Å². The van der Waals surface area contributed by atoms with E-state index in [-0.39, 0.29) is 6.61 Å². The topological polar surface area (TPSA) is 29.5 Å². The lowest BCUT2D eigenvalue weighted by molar-refractivity contribution is 0.350. The van der Waals surface area contributed by atoms with Crippen molar-refractivity contribution in [3.63, 3.8) is 0 Å². The van der Waals surface area contributed by atoms with Crippen molar-refractivity contribution in [3.8, 4) is 23.3 Å². The lowest BCUT2D eigenvalue weighted by Gasteiger charge is -2.05. The van der Waals surface area contributed by atoms with Crippen molar-refractivity contribution in [2.45, 2.75) is 0 Å². The second-order valence-electron chi connectivity index (χ2n) is 3.54. The molecule has 18 heavy (non-hydrogen) atoms. The highest BCUT2D eigenvalue weighted by Gasteiger charge is 1.98.